The van der Waals surface area contributed by atoms with Crippen LogP contribution in [0.2, 0.25) is 0 Å². The SMILES string of the molecule is C#CCN1CCN(C(=O)C(CN)CC(C)C)CC1. The Balaban J connectivity index is 2.45. The molecular weight excluding hydrogens is 226 g/mol. The van der Waals surface area contributed by atoms with Gasteiger partial charge in [-0.1, -0.05) is 19.8 Å². The zero-order valence-corrected chi connectivity index (χ0v) is 11.6. The number of terminal acetylenes is 1. The summed E-state index contributed by atoms with van der Waals surface area (Å²) in [5.41, 5.74) is 5.72. The molecule has 0 aliphatic carbocycles. The van der Waals surface area contributed by atoms with Gasteiger partial charge < -0.3 is 10.6 Å². The topological polar surface area (TPSA) is 49.6 Å². The third-order valence-electron chi connectivity index (χ3n) is 3.39. The molecule has 0 aromatic rings. The van der Waals surface area contributed by atoms with Gasteiger partial charge in [0.15, 0.2) is 0 Å². The van der Waals surface area contributed by atoms with E-state index in [4.69, 9.17) is 12.2 Å². The second-order valence-electron chi connectivity index (χ2n) is 5.37. The number of hydrogen-bond acceptors (Lipinski definition) is 3. The summed E-state index contributed by atoms with van der Waals surface area (Å²) in [6.07, 6.45) is 6.16. The Morgan fingerprint density at radius 1 is 1.33 bits per heavy atom. The largest absolute Gasteiger partial charge is 0.340 e. The number of carbonyl (C=O) groups is 1. The summed E-state index contributed by atoms with van der Waals surface area (Å²) in [6, 6.07) is 0. The molecule has 1 aliphatic heterocycles. The maximum atomic E-state index is 12.3. The van der Waals surface area contributed by atoms with Crippen molar-refractivity contribution in [3.05, 3.63) is 0 Å². The lowest BCUT2D eigenvalue weighted by Gasteiger charge is -2.35. The van der Waals surface area contributed by atoms with Gasteiger partial charge in [0, 0.05) is 32.7 Å². The van der Waals surface area contributed by atoms with E-state index in [2.05, 4.69) is 24.7 Å². The van der Waals surface area contributed by atoms with Crippen LogP contribution in [0.15, 0.2) is 0 Å². The summed E-state index contributed by atoms with van der Waals surface area (Å²) in [7, 11) is 0. The predicted molar refractivity (Wildman–Crippen MR) is 73.9 cm³/mol. The Labute approximate surface area is 110 Å². The summed E-state index contributed by atoms with van der Waals surface area (Å²) in [5, 5.41) is 0. The van der Waals surface area contributed by atoms with Crippen molar-refractivity contribution in [1.82, 2.24) is 9.80 Å². The van der Waals surface area contributed by atoms with Crippen molar-refractivity contribution in [3.63, 3.8) is 0 Å². The Bertz CT molecular complexity index is 301. The average Bonchev–Trinajstić information content (AvgIpc) is 2.36. The lowest BCUT2D eigenvalue weighted by atomic mass is 9.95. The van der Waals surface area contributed by atoms with Gasteiger partial charge in [0.1, 0.15) is 0 Å². The van der Waals surface area contributed by atoms with E-state index in [1.807, 2.05) is 4.90 Å². The minimum atomic E-state index is -0.0239. The van der Waals surface area contributed by atoms with Crippen molar-refractivity contribution in [1.29, 1.82) is 0 Å². The molecule has 0 aromatic carbocycles. The molecule has 18 heavy (non-hydrogen) atoms. The monoisotopic (exact) mass is 251 g/mol. The molecule has 4 heteroatoms. The third-order valence-corrected chi connectivity index (χ3v) is 3.39. The van der Waals surface area contributed by atoms with Crippen LogP contribution in [0.25, 0.3) is 0 Å². The van der Waals surface area contributed by atoms with Gasteiger partial charge in [0.05, 0.1) is 12.5 Å². The molecule has 1 rings (SSSR count). The number of nitrogens with zero attached hydrogens (tertiary/aromatic N) is 2. The fraction of sp³-hybridized carbons (Fsp3) is 0.786. The van der Waals surface area contributed by atoms with E-state index >= 15 is 0 Å². The van der Waals surface area contributed by atoms with Gasteiger partial charge in [0.2, 0.25) is 5.91 Å². The number of rotatable bonds is 5. The molecule has 1 aliphatic rings. The maximum Gasteiger partial charge on any atom is 0.227 e. The fourth-order valence-corrected chi connectivity index (χ4v) is 2.38. The van der Waals surface area contributed by atoms with E-state index in [9.17, 15) is 4.79 Å². The minimum absolute atomic E-state index is 0.0239. The summed E-state index contributed by atoms with van der Waals surface area (Å²) in [6.45, 7) is 8.66. The lowest BCUT2D eigenvalue weighted by Crippen LogP contribution is -2.51. The molecule has 1 unspecified atom stereocenters. The summed E-state index contributed by atoms with van der Waals surface area (Å²) in [5.74, 6) is 3.34. The van der Waals surface area contributed by atoms with Gasteiger partial charge in [0.25, 0.3) is 0 Å². The molecule has 0 spiro atoms. The fourth-order valence-electron chi connectivity index (χ4n) is 2.38. The Morgan fingerprint density at radius 3 is 2.39 bits per heavy atom. The number of hydrogen-bond donors (Lipinski definition) is 1. The first-order chi connectivity index (χ1) is 8.58. The van der Waals surface area contributed by atoms with Crippen molar-refractivity contribution in [2.75, 3.05) is 39.3 Å². The molecule has 1 heterocycles. The standard InChI is InChI=1S/C14H25N3O/c1-4-5-16-6-8-17(9-7-16)14(18)13(11-15)10-12(2)3/h1,12-13H,5-11,15H2,2-3H3. The van der Waals surface area contributed by atoms with Crippen molar-refractivity contribution in [2.45, 2.75) is 20.3 Å². The molecule has 0 aromatic heterocycles. The van der Waals surface area contributed by atoms with E-state index in [1.54, 1.807) is 0 Å². The van der Waals surface area contributed by atoms with Gasteiger partial charge in [-0.3, -0.25) is 9.69 Å². The smallest absolute Gasteiger partial charge is 0.227 e. The number of carbonyl (C=O) groups excluding carboxylic acids is 1. The molecular formula is C14H25N3O. The van der Waals surface area contributed by atoms with E-state index in [0.29, 0.717) is 19.0 Å². The first-order valence-electron chi connectivity index (χ1n) is 6.73. The summed E-state index contributed by atoms with van der Waals surface area (Å²) in [4.78, 5) is 16.5. The van der Waals surface area contributed by atoms with Crippen molar-refractivity contribution in [3.8, 4) is 12.3 Å². The van der Waals surface area contributed by atoms with Gasteiger partial charge in [-0.2, -0.15) is 0 Å². The van der Waals surface area contributed by atoms with Crippen LogP contribution in [0.4, 0.5) is 0 Å². The Hall–Kier alpha value is -1.05. The van der Waals surface area contributed by atoms with E-state index in [1.165, 1.54) is 0 Å². The first-order valence-corrected chi connectivity index (χ1v) is 6.73. The van der Waals surface area contributed by atoms with E-state index in [-0.39, 0.29) is 11.8 Å². The molecule has 0 saturated carbocycles. The molecule has 0 bridgehead atoms. The highest BCUT2D eigenvalue weighted by Crippen LogP contribution is 2.15. The van der Waals surface area contributed by atoms with Crippen LogP contribution in [-0.2, 0) is 4.79 Å². The molecule has 102 valence electrons. The van der Waals surface area contributed by atoms with Crippen molar-refractivity contribution in [2.24, 2.45) is 17.6 Å². The van der Waals surface area contributed by atoms with Crippen LogP contribution in [0.5, 0.6) is 0 Å². The normalized spacial score (nSPS) is 18.7. The highest BCUT2D eigenvalue weighted by molar-refractivity contribution is 5.79. The van der Waals surface area contributed by atoms with Crippen LogP contribution in [0.3, 0.4) is 0 Å². The maximum absolute atomic E-state index is 12.3. The number of amides is 1. The van der Waals surface area contributed by atoms with Crippen LogP contribution in [0, 0.1) is 24.2 Å². The molecule has 2 N–H and O–H groups in total. The van der Waals surface area contributed by atoms with E-state index in [0.717, 1.165) is 32.6 Å². The first kappa shape index (κ1) is 15.0. The quantitative estimate of drug-likeness (QED) is 0.719. The molecule has 1 atom stereocenters. The van der Waals surface area contributed by atoms with Crippen LogP contribution in [0.1, 0.15) is 20.3 Å². The van der Waals surface area contributed by atoms with Gasteiger partial charge in [-0.15, -0.1) is 6.42 Å². The third kappa shape index (κ3) is 4.32. The number of nitrogens with two attached hydrogens (primary N) is 1. The zero-order chi connectivity index (χ0) is 13.5. The molecule has 0 radical (unpaired) electrons. The lowest BCUT2D eigenvalue weighted by molar-refractivity contribution is -0.137. The Morgan fingerprint density at radius 2 is 1.94 bits per heavy atom. The van der Waals surface area contributed by atoms with Crippen LogP contribution >= 0.6 is 0 Å². The van der Waals surface area contributed by atoms with Gasteiger partial charge in [-0.05, 0) is 12.3 Å². The second-order valence-corrected chi connectivity index (χ2v) is 5.37. The van der Waals surface area contributed by atoms with Crippen molar-refractivity contribution < 1.29 is 4.79 Å². The Kier molecular flexibility index (Phi) is 6.17. The second kappa shape index (κ2) is 7.40. The minimum Gasteiger partial charge on any atom is -0.340 e. The highest BCUT2D eigenvalue weighted by Gasteiger charge is 2.26. The molecule has 1 fully saturated rings. The van der Waals surface area contributed by atoms with Crippen LogP contribution < -0.4 is 5.73 Å². The van der Waals surface area contributed by atoms with E-state index < -0.39 is 0 Å². The number of piperazine rings is 1. The zero-order valence-electron chi connectivity index (χ0n) is 11.6. The molecule has 4 nitrogen and oxygen atoms in total. The molecule has 1 amide bonds. The summed E-state index contributed by atoms with van der Waals surface area (Å²) >= 11 is 0. The predicted octanol–water partition coefficient (Wildman–Crippen LogP) is 0.385. The summed E-state index contributed by atoms with van der Waals surface area (Å²) < 4.78 is 0. The molecule has 1 saturated heterocycles. The van der Waals surface area contributed by atoms with Gasteiger partial charge in [-0.25, -0.2) is 0 Å². The average molecular weight is 251 g/mol. The van der Waals surface area contributed by atoms with Crippen molar-refractivity contribution >= 4 is 5.91 Å². The van der Waals surface area contributed by atoms with Crippen LogP contribution in [-0.4, -0.2) is 55.0 Å². The van der Waals surface area contributed by atoms with Gasteiger partial charge >= 0.3 is 0 Å². The highest BCUT2D eigenvalue weighted by atomic mass is 16.2.